The Morgan fingerprint density at radius 3 is 2.85 bits per heavy atom. The summed E-state index contributed by atoms with van der Waals surface area (Å²) < 4.78 is 0. The number of amides is 1. The molecular formula is C26H38N6O. The standard InChI is InChI=1S/C26H38N6O/c1-3-21(11-14-27-2)29-26(33)24-9-6-10-25(30-24)32-16-13-22(19-32)28-17-20-12-15-31(18-20)23-7-4-5-8-23/h3,6,9-11,14,20,22-23,28H,2,4-5,7-8,12-13,15-19H2,1H3,(H,29,33)/b14-11-,21-3+/t20-,22+/m0/s1. The third kappa shape index (κ3) is 6.30. The van der Waals surface area contributed by atoms with Gasteiger partial charge in [0.15, 0.2) is 0 Å². The van der Waals surface area contributed by atoms with E-state index in [-0.39, 0.29) is 5.91 Å². The van der Waals surface area contributed by atoms with E-state index < -0.39 is 0 Å². The molecule has 3 heterocycles. The van der Waals surface area contributed by atoms with E-state index in [1.807, 2.05) is 25.1 Å². The Hall–Kier alpha value is -2.51. The van der Waals surface area contributed by atoms with Crippen molar-refractivity contribution in [3.8, 4) is 0 Å². The van der Waals surface area contributed by atoms with Crippen LogP contribution in [0.3, 0.4) is 0 Å². The van der Waals surface area contributed by atoms with E-state index in [0.717, 1.165) is 43.8 Å². The summed E-state index contributed by atoms with van der Waals surface area (Å²) in [6, 6.07) is 6.99. The summed E-state index contributed by atoms with van der Waals surface area (Å²) in [6.45, 7) is 10.8. The molecule has 0 bridgehead atoms. The highest BCUT2D eigenvalue weighted by atomic mass is 16.1. The summed E-state index contributed by atoms with van der Waals surface area (Å²) in [6.07, 6.45) is 13.2. The first kappa shape index (κ1) is 23.6. The first-order chi connectivity index (χ1) is 16.2. The fourth-order valence-electron chi connectivity index (χ4n) is 5.36. The van der Waals surface area contributed by atoms with Crippen molar-refractivity contribution < 1.29 is 4.79 Å². The van der Waals surface area contributed by atoms with Gasteiger partial charge in [0.25, 0.3) is 5.91 Å². The predicted octanol–water partition coefficient (Wildman–Crippen LogP) is 3.36. The molecule has 1 aromatic rings. The van der Waals surface area contributed by atoms with Gasteiger partial charge in [-0.15, -0.1) is 0 Å². The van der Waals surface area contributed by atoms with Crippen molar-refractivity contribution in [2.45, 2.75) is 57.5 Å². The Balaban J connectivity index is 1.25. The number of likely N-dealkylation sites (tertiary alicyclic amines) is 1. The fraction of sp³-hybridized carbons (Fsp3) is 0.577. The van der Waals surface area contributed by atoms with E-state index in [0.29, 0.717) is 17.4 Å². The van der Waals surface area contributed by atoms with Gasteiger partial charge in [-0.05, 0) is 76.5 Å². The van der Waals surface area contributed by atoms with E-state index in [9.17, 15) is 4.79 Å². The van der Waals surface area contributed by atoms with Crippen LogP contribution in [0.25, 0.3) is 0 Å². The molecule has 2 N–H and O–H groups in total. The summed E-state index contributed by atoms with van der Waals surface area (Å²) in [5.41, 5.74) is 1.09. The van der Waals surface area contributed by atoms with Crippen molar-refractivity contribution in [3.05, 3.63) is 47.9 Å². The molecule has 2 atom stereocenters. The lowest BCUT2D eigenvalue weighted by molar-refractivity contribution is 0.0962. The number of aromatic nitrogens is 1. The molecule has 2 saturated heterocycles. The molecule has 1 aromatic heterocycles. The largest absolute Gasteiger partial charge is 0.355 e. The van der Waals surface area contributed by atoms with Crippen molar-refractivity contribution in [3.63, 3.8) is 0 Å². The first-order valence-electron chi connectivity index (χ1n) is 12.5. The molecule has 0 radical (unpaired) electrons. The van der Waals surface area contributed by atoms with Gasteiger partial charge in [0.1, 0.15) is 11.5 Å². The van der Waals surface area contributed by atoms with Gasteiger partial charge in [0.05, 0.1) is 0 Å². The molecule has 178 valence electrons. The smallest absolute Gasteiger partial charge is 0.274 e. The van der Waals surface area contributed by atoms with Crippen molar-refractivity contribution in [1.82, 2.24) is 20.5 Å². The minimum absolute atomic E-state index is 0.222. The van der Waals surface area contributed by atoms with E-state index in [4.69, 9.17) is 0 Å². The van der Waals surface area contributed by atoms with Gasteiger partial charge in [-0.3, -0.25) is 9.79 Å². The van der Waals surface area contributed by atoms with Crippen LogP contribution in [0.1, 0.15) is 55.9 Å². The van der Waals surface area contributed by atoms with Gasteiger partial charge in [-0.1, -0.05) is 25.0 Å². The molecule has 3 aliphatic rings. The van der Waals surface area contributed by atoms with E-state index >= 15 is 0 Å². The van der Waals surface area contributed by atoms with Crippen LogP contribution in [-0.2, 0) is 0 Å². The highest BCUT2D eigenvalue weighted by Gasteiger charge is 2.31. The summed E-state index contributed by atoms with van der Waals surface area (Å²) in [5, 5.41) is 6.69. The maximum Gasteiger partial charge on any atom is 0.274 e. The minimum atomic E-state index is -0.222. The second kappa shape index (κ2) is 11.6. The molecule has 33 heavy (non-hydrogen) atoms. The SMILES string of the molecule is C=N/C=C\C(=C/C)NC(=O)c1cccc(N2CC[C@@H](NC[C@@H]3CCN(C4CCCC4)C3)C2)n1. The second-order valence-electron chi connectivity index (χ2n) is 9.51. The number of anilines is 1. The summed E-state index contributed by atoms with van der Waals surface area (Å²) in [4.78, 5) is 26.0. The number of nitrogens with zero attached hydrogens (tertiary/aromatic N) is 4. The maximum absolute atomic E-state index is 12.7. The van der Waals surface area contributed by atoms with Crippen molar-refractivity contribution in [1.29, 1.82) is 0 Å². The van der Waals surface area contributed by atoms with Gasteiger partial charge in [0, 0.05) is 43.6 Å². The molecule has 0 aromatic carbocycles. The normalized spacial score (nSPS) is 24.8. The lowest BCUT2D eigenvalue weighted by Gasteiger charge is -2.24. The van der Waals surface area contributed by atoms with Crippen molar-refractivity contribution in [2.24, 2.45) is 10.9 Å². The average Bonchev–Trinajstić information content (AvgIpc) is 3.61. The second-order valence-corrected chi connectivity index (χ2v) is 9.51. The molecule has 7 heteroatoms. The first-order valence-corrected chi connectivity index (χ1v) is 12.5. The van der Waals surface area contributed by atoms with Crippen LogP contribution in [-0.4, -0.2) is 67.3 Å². The number of rotatable bonds is 9. The predicted molar refractivity (Wildman–Crippen MR) is 135 cm³/mol. The quantitative estimate of drug-likeness (QED) is 0.446. The number of carbonyl (C=O) groups excluding carboxylic acids is 1. The van der Waals surface area contributed by atoms with Crippen LogP contribution in [0.5, 0.6) is 0 Å². The lowest BCUT2D eigenvalue weighted by atomic mass is 10.1. The molecule has 2 aliphatic heterocycles. The van der Waals surface area contributed by atoms with Gasteiger partial charge in [-0.2, -0.15) is 0 Å². The minimum Gasteiger partial charge on any atom is -0.355 e. The van der Waals surface area contributed by atoms with E-state index in [1.165, 1.54) is 45.2 Å². The van der Waals surface area contributed by atoms with Gasteiger partial charge < -0.3 is 20.4 Å². The van der Waals surface area contributed by atoms with Crippen LogP contribution in [0.2, 0.25) is 0 Å². The molecule has 7 nitrogen and oxygen atoms in total. The third-order valence-electron chi connectivity index (χ3n) is 7.26. The van der Waals surface area contributed by atoms with E-state index in [1.54, 1.807) is 18.3 Å². The van der Waals surface area contributed by atoms with Crippen LogP contribution in [0, 0.1) is 5.92 Å². The number of pyridine rings is 1. The van der Waals surface area contributed by atoms with Crippen LogP contribution < -0.4 is 15.5 Å². The maximum atomic E-state index is 12.7. The summed E-state index contributed by atoms with van der Waals surface area (Å²) >= 11 is 0. The van der Waals surface area contributed by atoms with E-state index in [2.05, 4.69) is 37.1 Å². The molecule has 0 unspecified atom stereocenters. The fourth-order valence-corrected chi connectivity index (χ4v) is 5.36. The highest BCUT2D eigenvalue weighted by Crippen LogP contribution is 2.28. The Bertz CT molecular complexity index is 875. The Kier molecular flexibility index (Phi) is 8.29. The number of nitrogens with one attached hydrogen (secondary N) is 2. The molecular weight excluding hydrogens is 412 g/mol. The third-order valence-corrected chi connectivity index (χ3v) is 7.26. The van der Waals surface area contributed by atoms with Gasteiger partial charge in [-0.25, -0.2) is 4.98 Å². The van der Waals surface area contributed by atoms with Crippen LogP contribution in [0.15, 0.2) is 47.2 Å². The van der Waals surface area contributed by atoms with Crippen LogP contribution >= 0.6 is 0 Å². The molecule has 1 saturated carbocycles. The monoisotopic (exact) mass is 450 g/mol. The number of allylic oxidation sites excluding steroid dienone is 2. The number of hydrogen-bond donors (Lipinski definition) is 2. The van der Waals surface area contributed by atoms with Gasteiger partial charge in [0.2, 0.25) is 0 Å². The highest BCUT2D eigenvalue weighted by molar-refractivity contribution is 5.94. The summed E-state index contributed by atoms with van der Waals surface area (Å²) in [5.74, 6) is 1.42. The Morgan fingerprint density at radius 2 is 2.06 bits per heavy atom. The van der Waals surface area contributed by atoms with Crippen LogP contribution in [0.4, 0.5) is 5.82 Å². The van der Waals surface area contributed by atoms with Gasteiger partial charge >= 0.3 is 0 Å². The number of carbonyl (C=O) groups is 1. The Labute approximate surface area is 198 Å². The lowest BCUT2D eigenvalue weighted by Crippen LogP contribution is -2.37. The topological polar surface area (TPSA) is 72.9 Å². The molecule has 1 amide bonds. The number of hydrogen-bond acceptors (Lipinski definition) is 6. The molecule has 4 rings (SSSR count). The molecule has 0 spiro atoms. The summed E-state index contributed by atoms with van der Waals surface area (Å²) in [7, 11) is 0. The Morgan fingerprint density at radius 1 is 1.21 bits per heavy atom. The molecule has 3 fully saturated rings. The zero-order valence-electron chi connectivity index (χ0n) is 19.9. The average molecular weight is 451 g/mol. The zero-order valence-corrected chi connectivity index (χ0v) is 19.9. The molecule has 1 aliphatic carbocycles. The van der Waals surface area contributed by atoms with Crippen molar-refractivity contribution in [2.75, 3.05) is 37.6 Å². The number of aliphatic imine (C=N–C) groups is 1. The van der Waals surface area contributed by atoms with Crippen molar-refractivity contribution >= 4 is 18.4 Å². The zero-order chi connectivity index (χ0) is 23.0.